The normalized spacial score (nSPS) is 11.3. The number of benzene rings is 3. The predicted octanol–water partition coefficient (Wildman–Crippen LogP) is 8.49. The van der Waals surface area contributed by atoms with E-state index in [1.165, 1.54) is 60.9 Å². The Labute approximate surface area is 452 Å². The van der Waals surface area contributed by atoms with Gasteiger partial charge in [-0.05, 0) is 125 Å². The molecule has 76 heavy (non-hydrogen) atoms. The Bertz CT molecular complexity index is 3320. The quantitative estimate of drug-likeness (QED) is 0.0291. The third kappa shape index (κ3) is 20.2. The summed E-state index contributed by atoms with van der Waals surface area (Å²) in [5, 5.41) is 17.6. The lowest BCUT2D eigenvalue weighted by atomic mass is 9.87. The van der Waals surface area contributed by atoms with E-state index in [-0.39, 0.29) is 61.1 Å². The molecule has 12 N–H and O–H groups in total. The molecule has 0 aliphatic rings. The summed E-state index contributed by atoms with van der Waals surface area (Å²) < 4.78 is 76.9. The first-order chi connectivity index (χ1) is 34.5. The van der Waals surface area contributed by atoms with E-state index in [9.17, 15) is 34.8 Å². The summed E-state index contributed by atoms with van der Waals surface area (Å²) in [6, 6.07) is 26.4. The summed E-state index contributed by atoms with van der Waals surface area (Å²) in [5.41, 5.74) is 13.0. The van der Waals surface area contributed by atoms with Gasteiger partial charge in [-0.3, -0.25) is 31.3 Å². The van der Waals surface area contributed by atoms with E-state index in [0.717, 1.165) is 22.3 Å². The number of halogens is 1. The molecule has 0 fully saturated rings. The van der Waals surface area contributed by atoms with Gasteiger partial charge in [-0.1, -0.05) is 106 Å². The highest BCUT2D eigenvalue weighted by atomic mass is 35.7. The van der Waals surface area contributed by atoms with Gasteiger partial charge in [0.15, 0.2) is 17.1 Å². The molecule has 3 aromatic heterocycles. The van der Waals surface area contributed by atoms with Gasteiger partial charge in [0.05, 0.1) is 31.7 Å². The number of sulfonamides is 2. The van der Waals surface area contributed by atoms with Crippen LogP contribution >= 0.6 is 10.7 Å². The number of aromatic nitrogens is 3. The zero-order valence-corrected chi connectivity index (χ0v) is 47.0. The van der Waals surface area contributed by atoms with Gasteiger partial charge in [-0.15, -0.1) is 0 Å². The molecule has 0 aliphatic heterocycles. The molecule has 0 radical (unpaired) electrons. The summed E-state index contributed by atoms with van der Waals surface area (Å²) in [6.45, 7) is 23.8. The van der Waals surface area contributed by atoms with Crippen molar-refractivity contribution in [1.29, 1.82) is 5.26 Å². The van der Waals surface area contributed by atoms with Crippen LogP contribution in [0.2, 0.25) is 0 Å². The summed E-state index contributed by atoms with van der Waals surface area (Å²) in [5.74, 6) is 11.2. The van der Waals surface area contributed by atoms with Crippen LogP contribution in [0.4, 0.5) is 17.1 Å². The van der Waals surface area contributed by atoms with Crippen molar-refractivity contribution >= 4 is 68.7 Å². The number of rotatable bonds is 9. The molecule has 1 amide bonds. The summed E-state index contributed by atoms with van der Waals surface area (Å²) in [4.78, 5) is 34.8. The average Bonchev–Trinajstić information content (AvgIpc) is 3.31. The zero-order valence-electron chi connectivity index (χ0n) is 43.8. The topological polar surface area (TPSA) is 359 Å². The average molecular weight is 1120 g/mol. The van der Waals surface area contributed by atoms with Crippen LogP contribution in [0.5, 0.6) is 0 Å². The predicted molar refractivity (Wildman–Crippen MR) is 300 cm³/mol. The number of nitriles is 1. The van der Waals surface area contributed by atoms with Crippen molar-refractivity contribution < 1.29 is 39.9 Å². The summed E-state index contributed by atoms with van der Waals surface area (Å²) in [7, 11) is -6.16. The van der Waals surface area contributed by atoms with Crippen LogP contribution in [0.25, 0.3) is 0 Å². The minimum Gasteiger partial charge on any atom is -0.476 e. The van der Waals surface area contributed by atoms with Gasteiger partial charge >= 0.3 is 5.97 Å². The molecule has 0 spiro atoms. The van der Waals surface area contributed by atoms with Crippen LogP contribution in [0.3, 0.4) is 0 Å². The number of carbonyl (C=O) groups excluding carboxylic acids is 1. The zero-order chi connectivity index (χ0) is 57.5. The van der Waals surface area contributed by atoms with Gasteiger partial charge in [0.25, 0.3) is 35.0 Å². The third-order valence-electron chi connectivity index (χ3n) is 10.3. The minimum absolute atomic E-state index is 0. The van der Waals surface area contributed by atoms with E-state index in [1.807, 2.05) is 60.0 Å². The van der Waals surface area contributed by atoms with E-state index in [0.29, 0.717) is 22.5 Å². The highest BCUT2D eigenvalue weighted by Crippen LogP contribution is 2.28. The second-order valence-corrected chi connectivity index (χ2v) is 25.6. The van der Waals surface area contributed by atoms with Crippen LogP contribution in [-0.2, 0) is 45.3 Å². The molecule has 6 aromatic rings. The summed E-state index contributed by atoms with van der Waals surface area (Å²) in [6.07, 6.45) is 4.45. The van der Waals surface area contributed by atoms with Gasteiger partial charge < -0.3 is 10.8 Å². The lowest BCUT2D eigenvalue weighted by molar-refractivity contribution is 0.0691. The minimum atomic E-state index is -3.90. The van der Waals surface area contributed by atoms with Crippen molar-refractivity contribution in [3.63, 3.8) is 0 Å². The first-order valence-corrected chi connectivity index (χ1v) is 27.7. The first kappa shape index (κ1) is 67.0. The van der Waals surface area contributed by atoms with Crippen LogP contribution in [0, 0.1) is 32.1 Å². The number of aromatic carboxylic acids is 1. The lowest BCUT2D eigenvalue weighted by Gasteiger charge is -2.19. The SMILES string of the molecule is C.CC(C)(C)c1ccc(S(=O)(=O)Cl)cc1.Cc1cnc(C#N)c(N)c1.Cc1cnc(C(=O)NN)c(NS(=O)(=O)c2ccc(C(C)(C)C)cc2)c1.Cc1cnc(C(=O)O)c(NS(=O)(=O)c2ccc(C(C)(C)C)cc2)c1.NN. The highest BCUT2D eigenvalue weighted by Gasteiger charge is 2.23. The number of hydrogen-bond acceptors (Lipinski definition) is 16. The van der Waals surface area contributed by atoms with E-state index in [2.05, 4.69) is 56.9 Å². The number of carboxylic acids is 1. The van der Waals surface area contributed by atoms with Crippen molar-refractivity contribution in [3.8, 4) is 6.07 Å². The molecule has 3 aromatic carbocycles. The van der Waals surface area contributed by atoms with Gasteiger partial charge in [-0.2, -0.15) is 5.26 Å². The number of pyridine rings is 3. The van der Waals surface area contributed by atoms with Crippen molar-refractivity contribution in [1.82, 2.24) is 20.4 Å². The number of carboxylic acid groups (broad SMARTS) is 1. The number of carbonyl (C=O) groups is 2. The molecule has 412 valence electrons. The van der Waals surface area contributed by atoms with Gasteiger partial charge in [0.1, 0.15) is 6.07 Å². The standard InChI is InChI=1S/C17H22N4O3S.C17H20N2O4S.C10H13ClO2S.C7H7N3.CH4.H4N2/c1-11-9-14(15(19-10-11)16(22)20-18)21-25(23,24)13-7-5-12(6-8-13)17(2,3)4;1-11-9-14(15(16(20)21)18-10-11)19-24(22,23)13-7-5-12(6-8-13)17(2,3)4;1-10(2,3)8-4-6-9(7-5-8)14(11,12)13;1-5-2-6(9)7(3-8)10-4-5;;1-2/h5-10,21H,18H2,1-4H3,(H,20,22);5-10,19H,1-4H3,(H,20,21);4-7H,1-3H3;2,4H,9H2,1H3;1H4;1-2H2. The van der Waals surface area contributed by atoms with Crippen molar-refractivity contribution in [2.75, 3.05) is 15.2 Å². The molecule has 20 nitrogen and oxygen atoms in total. The fourth-order valence-electron chi connectivity index (χ4n) is 6.19. The van der Waals surface area contributed by atoms with Gasteiger partial charge in [0.2, 0.25) is 0 Å². The first-order valence-electron chi connectivity index (χ1n) is 22.4. The second-order valence-electron chi connectivity index (χ2n) is 19.6. The molecule has 0 saturated heterocycles. The molecule has 0 saturated carbocycles. The Kier molecular flexibility index (Phi) is 24.4. The number of anilines is 3. The maximum atomic E-state index is 12.6. The fourth-order valence-corrected chi connectivity index (χ4v) is 9.08. The van der Waals surface area contributed by atoms with Crippen LogP contribution in [-0.4, -0.2) is 57.2 Å². The summed E-state index contributed by atoms with van der Waals surface area (Å²) >= 11 is 0. The maximum absolute atomic E-state index is 12.6. The Morgan fingerprint density at radius 1 is 0.579 bits per heavy atom. The van der Waals surface area contributed by atoms with Gasteiger partial charge in [-0.25, -0.2) is 50.8 Å². The molecule has 0 unspecified atom stereocenters. The third-order valence-corrected chi connectivity index (χ3v) is 14.4. The molecular formula is C52H70ClN11O9S3. The number of nitrogens with one attached hydrogen (secondary N) is 3. The number of hydrazine groups is 2. The smallest absolute Gasteiger partial charge is 0.356 e. The van der Waals surface area contributed by atoms with Crippen LogP contribution in [0.1, 0.15) is 130 Å². The maximum Gasteiger partial charge on any atom is 0.356 e. The molecule has 3 heterocycles. The number of nitrogens with two attached hydrogens (primary N) is 4. The van der Waals surface area contributed by atoms with Crippen LogP contribution < -0.4 is 38.1 Å². The van der Waals surface area contributed by atoms with Crippen molar-refractivity contribution in [2.45, 2.75) is 121 Å². The Hall–Kier alpha value is -7.04. The number of nitrogens with zero attached hydrogens (tertiary/aromatic N) is 4. The number of aryl methyl sites for hydroxylation is 3. The van der Waals surface area contributed by atoms with E-state index >= 15 is 0 Å². The second kappa shape index (κ2) is 27.7. The van der Waals surface area contributed by atoms with Crippen LogP contribution in [0.15, 0.2) is 124 Å². The largest absolute Gasteiger partial charge is 0.476 e. The molecule has 0 atom stereocenters. The molecule has 24 heteroatoms. The fraction of sp³-hybridized carbons (Fsp3) is 0.308. The number of nitrogen functional groups attached to an aromatic ring is 2. The molecule has 0 bridgehead atoms. The number of hydrogen-bond donors (Lipinski definition) is 8. The lowest BCUT2D eigenvalue weighted by Crippen LogP contribution is -2.32. The van der Waals surface area contributed by atoms with E-state index < -0.39 is 41.0 Å². The van der Waals surface area contributed by atoms with Crippen molar-refractivity contribution in [3.05, 3.63) is 160 Å². The monoisotopic (exact) mass is 1120 g/mol. The Morgan fingerprint density at radius 3 is 1.20 bits per heavy atom. The van der Waals surface area contributed by atoms with E-state index in [1.54, 1.807) is 62.5 Å². The van der Waals surface area contributed by atoms with Crippen molar-refractivity contribution in [2.24, 2.45) is 17.5 Å². The Balaban J connectivity index is 0.000000525. The van der Waals surface area contributed by atoms with Gasteiger partial charge in [0, 0.05) is 29.3 Å². The number of amides is 1. The molecule has 0 aliphatic carbocycles. The highest BCUT2D eigenvalue weighted by molar-refractivity contribution is 8.13. The van der Waals surface area contributed by atoms with E-state index in [4.69, 9.17) is 32.6 Å². The molecular weight excluding hydrogens is 1050 g/mol. The molecule has 6 rings (SSSR count). The Morgan fingerprint density at radius 2 is 0.895 bits per heavy atom.